The van der Waals surface area contributed by atoms with Crippen molar-refractivity contribution in [2.75, 3.05) is 13.7 Å². The van der Waals surface area contributed by atoms with E-state index in [1.807, 2.05) is 0 Å². The molecule has 132 valence electrons. The van der Waals surface area contributed by atoms with Gasteiger partial charge >= 0.3 is 18.0 Å². The van der Waals surface area contributed by atoms with Gasteiger partial charge in [-0.3, -0.25) is 0 Å². The molecule has 0 aromatic heterocycles. The summed E-state index contributed by atoms with van der Waals surface area (Å²) in [5.41, 5.74) is 0.00262. The molecule has 5 nitrogen and oxygen atoms in total. The zero-order valence-electron chi connectivity index (χ0n) is 13.5. The van der Waals surface area contributed by atoms with Crippen LogP contribution in [-0.4, -0.2) is 31.8 Å². The van der Waals surface area contributed by atoms with Crippen molar-refractivity contribution in [1.29, 1.82) is 0 Å². The van der Waals surface area contributed by atoms with Crippen molar-refractivity contribution in [3.05, 3.63) is 36.1 Å². The fraction of sp³-hybridized carbons (Fsp3) is 0.375. The van der Waals surface area contributed by atoms with Crippen LogP contribution in [0.3, 0.4) is 0 Å². The number of methoxy groups -OCH3 is 1. The molecule has 0 fully saturated rings. The molecule has 0 aliphatic carbocycles. The normalized spacial score (nSPS) is 12.8. The van der Waals surface area contributed by atoms with Crippen LogP contribution >= 0.6 is 0 Å². The Morgan fingerprint density at radius 2 is 1.83 bits per heavy atom. The predicted octanol–water partition coefficient (Wildman–Crippen LogP) is 4.16. The molecule has 1 aromatic carbocycles. The number of ether oxygens (including phenoxy) is 3. The molecule has 0 N–H and O–H groups in total. The van der Waals surface area contributed by atoms with Gasteiger partial charge in [0, 0.05) is 0 Å². The van der Waals surface area contributed by atoms with Gasteiger partial charge in [0.05, 0.1) is 19.4 Å². The maximum Gasteiger partial charge on any atom is 0.468 e. The minimum Gasteiger partial charge on any atom is -0.497 e. The highest BCUT2D eigenvalue weighted by Crippen LogP contribution is 2.25. The van der Waals surface area contributed by atoms with Crippen molar-refractivity contribution in [3.8, 4) is 5.75 Å². The highest BCUT2D eigenvalue weighted by atomic mass is 19.4. The maximum absolute atomic E-state index is 13.1. The Labute approximate surface area is 137 Å². The average molecular weight is 345 g/mol. The largest absolute Gasteiger partial charge is 0.497 e. The molecular formula is C16H18F3NO4. The zero-order chi connectivity index (χ0) is 18.2. The highest BCUT2D eigenvalue weighted by molar-refractivity contribution is 5.93. The molecule has 0 saturated carbocycles. The molecule has 0 aliphatic rings. The number of nitrogens with zero attached hydrogens (tertiary/aromatic N) is 1. The Kier molecular flexibility index (Phi) is 7.29. The lowest BCUT2D eigenvalue weighted by Gasteiger charge is -2.13. The van der Waals surface area contributed by atoms with E-state index in [0.29, 0.717) is 12.2 Å². The smallest absolute Gasteiger partial charge is 0.468 e. The molecule has 0 spiro atoms. The third-order valence-corrected chi connectivity index (χ3v) is 2.62. The Morgan fingerprint density at radius 1 is 1.21 bits per heavy atom. The fourth-order valence-electron chi connectivity index (χ4n) is 1.58. The van der Waals surface area contributed by atoms with E-state index in [9.17, 15) is 18.0 Å². The van der Waals surface area contributed by atoms with Gasteiger partial charge in [-0.1, -0.05) is 6.92 Å². The lowest BCUT2D eigenvalue weighted by Crippen LogP contribution is -2.27. The zero-order valence-corrected chi connectivity index (χ0v) is 13.5. The van der Waals surface area contributed by atoms with E-state index in [-0.39, 0.29) is 12.3 Å². The minimum absolute atomic E-state index is 0.00262. The standard InChI is InChI=1S/C16H18F3NO4/c1-4-6-13(14(21)23-5-2)24-15(16(17,18)19)20-11-7-9-12(22-3)10-8-11/h6-10H,4-5H2,1-3H3/b13-6-,20-15?. The van der Waals surface area contributed by atoms with Crippen molar-refractivity contribution in [2.24, 2.45) is 4.99 Å². The molecule has 1 rings (SSSR count). The van der Waals surface area contributed by atoms with Gasteiger partial charge < -0.3 is 14.2 Å². The second-order valence-electron chi connectivity index (χ2n) is 4.41. The van der Waals surface area contributed by atoms with Gasteiger partial charge in [-0.15, -0.1) is 0 Å². The molecule has 24 heavy (non-hydrogen) atoms. The number of halogens is 3. The van der Waals surface area contributed by atoms with E-state index < -0.39 is 23.8 Å². The van der Waals surface area contributed by atoms with Crippen LogP contribution in [-0.2, 0) is 14.3 Å². The summed E-state index contributed by atoms with van der Waals surface area (Å²) in [4.78, 5) is 15.1. The van der Waals surface area contributed by atoms with Gasteiger partial charge in [-0.05, 0) is 43.7 Å². The molecule has 0 saturated heterocycles. The van der Waals surface area contributed by atoms with E-state index in [2.05, 4.69) is 9.73 Å². The summed E-state index contributed by atoms with van der Waals surface area (Å²) >= 11 is 0. The van der Waals surface area contributed by atoms with Gasteiger partial charge in [0.15, 0.2) is 0 Å². The van der Waals surface area contributed by atoms with Crippen molar-refractivity contribution < 1.29 is 32.2 Å². The van der Waals surface area contributed by atoms with Crippen molar-refractivity contribution in [1.82, 2.24) is 0 Å². The summed E-state index contributed by atoms with van der Waals surface area (Å²) in [5.74, 6) is -2.61. The third kappa shape index (κ3) is 5.94. The molecular weight excluding hydrogens is 327 g/mol. The number of benzene rings is 1. The van der Waals surface area contributed by atoms with Crippen LogP contribution < -0.4 is 4.74 Å². The quantitative estimate of drug-likeness (QED) is 0.255. The first-order chi connectivity index (χ1) is 11.3. The Bertz CT molecular complexity index is 607. The van der Waals surface area contributed by atoms with Gasteiger partial charge in [-0.25, -0.2) is 9.79 Å². The van der Waals surface area contributed by atoms with Crippen LogP contribution in [0.25, 0.3) is 0 Å². The second-order valence-corrected chi connectivity index (χ2v) is 4.41. The Hall–Kier alpha value is -2.51. The number of carbonyl (C=O) groups is 1. The lowest BCUT2D eigenvalue weighted by atomic mass is 10.3. The van der Waals surface area contributed by atoms with Crippen molar-refractivity contribution in [3.63, 3.8) is 0 Å². The van der Waals surface area contributed by atoms with Gasteiger partial charge in [0.2, 0.25) is 5.76 Å². The number of rotatable bonds is 6. The molecule has 0 unspecified atom stereocenters. The summed E-state index contributed by atoms with van der Waals surface area (Å²) < 4.78 is 53.7. The highest BCUT2D eigenvalue weighted by Gasteiger charge is 2.40. The summed E-state index contributed by atoms with van der Waals surface area (Å²) in [7, 11) is 1.43. The summed E-state index contributed by atoms with van der Waals surface area (Å²) in [6.45, 7) is 3.20. The molecule has 1 aromatic rings. The topological polar surface area (TPSA) is 57.1 Å². The van der Waals surface area contributed by atoms with Crippen LogP contribution in [0.15, 0.2) is 41.1 Å². The van der Waals surface area contributed by atoms with Crippen molar-refractivity contribution >= 4 is 17.6 Å². The van der Waals surface area contributed by atoms with E-state index in [1.165, 1.54) is 44.4 Å². The molecule has 0 atom stereocenters. The van der Waals surface area contributed by atoms with E-state index >= 15 is 0 Å². The monoisotopic (exact) mass is 345 g/mol. The van der Waals surface area contributed by atoms with Gasteiger partial charge in [0.1, 0.15) is 5.75 Å². The molecule has 0 heterocycles. The first kappa shape index (κ1) is 19.5. The van der Waals surface area contributed by atoms with Crippen LogP contribution in [0.4, 0.5) is 18.9 Å². The average Bonchev–Trinajstić information content (AvgIpc) is 2.53. The van der Waals surface area contributed by atoms with E-state index in [1.54, 1.807) is 6.92 Å². The number of allylic oxidation sites excluding steroid dienone is 1. The lowest BCUT2D eigenvalue weighted by molar-refractivity contribution is -0.142. The molecule has 0 aliphatic heterocycles. The SMILES string of the molecule is CC/C=C(\OC(=Nc1ccc(OC)cc1)C(F)(F)F)C(=O)OCC. The number of alkyl halides is 3. The maximum atomic E-state index is 13.1. The molecule has 8 heteroatoms. The number of esters is 1. The first-order valence-corrected chi connectivity index (χ1v) is 7.16. The fourth-order valence-corrected chi connectivity index (χ4v) is 1.58. The van der Waals surface area contributed by atoms with Crippen molar-refractivity contribution in [2.45, 2.75) is 26.4 Å². The first-order valence-electron chi connectivity index (χ1n) is 7.16. The van der Waals surface area contributed by atoms with E-state index in [0.717, 1.165) is 0 Å². The van der Waals surface area contributed by atoms with Gasteiger partial charge in [-0.2, -0.15) is 13.2 Å². The predicted molar refractivity (Wildman–Crippen MR) is 82.2 cm³/mol. The summed E-state index contributed by atoms with van der Waals surface area (Å²) in [6, 6.07) is 5.59. The molecule has 0 amide bonds. The number of carbonyl (C=O) groups excluding carboxylic acids is 1. The summed E-state index contributed by atoms with van der Waals surface area (Å²) in [5, 5.41) is 0. The van der Waals surface area contributed by atoms with Gasteiger partial charge in [0.25, 0.3) is 0 Å². The number of aliphatic imine (C=N–C) groups is 1. The second kappa shape index (κ2) is 8.95. The molecule has 0 bridgehead atoms. The third-order valence-electron chi connectivity index (χ3n) is 2.62. The van der Waals surface area contributed by atoms with Crippen LogP contribution in [0, 0.1) is 0 Å². The number of hydrogen-bond donors (Lipinski definition) is 0. The molecule has 0 radical (unpaired) electrons. The Balaban J connectivity index is 3.14. The van der Waals surface area contributed by atoms with Crippen LogP contribution in [0.1, 0.15) is 20.3 Å². The number of hydrogen-bond acceptors (Lipinski definition) is 5. The van der Waals surface area contributed by atoms with Crippen LogP contribution in [0.5, 0.6) is 5.75 Å². The summed E-state index contributed by atoms with van der Waals surface area (Å²) in [6.07, 6.45) is -3.38. The Morgan fingerprint density at radius 3 is 2.29 bits per heavy atom. The van der Waals surface area contributed by atoms with E-state index in [4.69, 9.17) is 9.47 Å². The minimum atomic E-state index is -4.88. The van der Waals surface area contributed by atoms with Crippen LogP contribution in [0.2, 0.25) is 0 Å².